The lowest BCUT2D eigenvalue weighted by Gasteiger charge is -2.06. The van der Waals surface area contributed by atoms with Gasteiger partial charge in [0.2, 0.25) is 0 Å². The number of nitrogens with one attached hydrogen (secondary N) is 1. The lowest BCUT2D eigenvalue weighted by molar-refractivity contribution is 0.0951. The topological polar surface area (TPSA) is 64.4 Å². The van der Waals surface area contributed by atoms with Crippen LogP contribution in [0.2, 0.25) is 5.35 Å². The Kier molecular flexibility index (Phi) is 3.98. The second-order valence-electron chi connectivity index (χ2n) is 4.68. The average Bonchev–Trinajstić information content (AvgIpc) is 2.92. The molecule has 0 atom stereocenters. The molecule has 0 spiro atoms. The summed E-state index contributed by atoms with van der Waals surface area (Å²) in [7, 11) is 1.61. The number of fused-ring (bicyclic) bond motifs is 1. The Morgan fingerprint density at radius 1 is 1.27 bits per heavy atom. The highest BCUT2D eigenvalue weighted by atomic mass is 35.5. The molecule has 3 rings (SSSR count). The van der Waals surface area contributed by atoms with Gasteiger partial charge in [-0.2, -0.15) is 4.98 Å². The fraction of sp³-hybridized carbons (Fsp3) is 0.125. The van der Waals surface area contributed by atoms with Crippen molar-refractivity contribution in [2.24, 2.45) is 0 Å². The zero-order valence-electron chi connectivity index (χ0n) is 11.8. The van der Waals surface area contributed by atoms with E-state index in [2.05, 4.69) is 10.3 Å². The maximum atomic E-state index is 12.2. The summed E-state index contributed by atoms with van der Waals surface area (Å²) in [6.45, 7) is 0.431. The molecule has 0 unspecified atom stereocenters. The van der Waals surface area contributed by atoms with Gasteiger partial charge in [0, 0.05) is 12.1 Å². The molecule has 5 nitrogen and oxygen atoms in total. The first-order valence-electron chi connectivity index (χ1n) is 6.63. The number of methoxy groups -OCH3 is 1. The molecule has 3 aromatic rings. The molecule has 22 heavy (non-hydrogen) atoms. The SMILES string of the molecule is COc1ccc(CNC(=O)c2ccc3oc(Cl)nc3c2)cc1. The van der Waals surface area contributed by atoms with E-state index in [4.69, 9.17) is 20.8 Å². The number of halogens is 1. The lowest BCUT2D eigenvalue weighted by atomic mass is 10.1. The number of rotatable bonds is 4. The molecule has 0 aliphatic heterocycles. The van der Waals surface area contributed by atoms with Gasteiger partial charge >= 0.3 is 0 Å². The highest BCUT2D eigenvalue weighted by molar-refractivity contribution is 6.28. The summed E-state index contributed by atoms with van der Waals surface area (Å²) in [5, 5.41) is 2.91. The first-order valence-corrected chi connectivity index (χ1v) is 7.01. The van der Waals surface area contributed by atoms with Gasteiger partial charge in [-0.15, -0.1) is 0 Å². The molecule has 2 aromatic carbocycles. The third-order valence-electron chi connectivity index (χ3n) is 3.24. The van der Waals surface area contributed by atoms with E-state index in [0.29, 0.717) is 23.2 Å². The molecule has 0 radical (unpaired) electrons. The minimum atomic E-state index is -0.183. The Morgan fingerprint density at radius 2 is 2.05 bits per heavy atom. The summed E-state index contributed by atoms with van der Waals surface area (Å²) in [6.07, 6.45) is 0. The number of carbonyl (C=O) groups is 1. The second-order valence-corrected chi connectivity index (χ2v) is 5.00. The number of carbonyl (C=O) groups excluding carboxylic acids is 1. The molecule has 112 valence electrons. The fourth-order valence-corrected chi connectivity index (χ4v) is 2.24. The summed E-state index contributed by atoms with van der Waals surface area (Å²) in [4.78, 5) is 16.2. The molecule has 0 saturated carbocycles. The van der Waals surface area contributed by atoms with Gasteiger partial charge in [0.15, 0.2) is 5.58 Å². The van der Waals surface area contributed by atoms with Crippen LogP contribution in [0, 0.1) is 0 Å². The Bertz CT molecular complexity index is 812. The first kappa shape index (κ1) is 14.4. The predicted octanol–water partition coefficient (Wildman–Crippen LogP) is 3.42. The number of oxazole rings is 1. The van der Waals surface area contributed by atoms with Gasteiger partial charge in [0.05, 0.1) is 7.11 Å². The highest BCUT2D eigenvalue weighted by Crippen LogP contribution is 2.20. The van der Waals surface area contributed by atoms with Crippen molar-refractivity contribution in [3.63, 3.8) is 0 Å². The molecule has 1 heterocycles. The first-order chi connectivity index (χ1) is 10.7. The standard InChI is InChI=1S/C16H13ClN2O3/c1-21-12-5-2-10(3-6-12)9-18-15(20)11-4-7-14-13(8-11)19-16(17)22-14/h2-8H,9H2,1H3,(H,18,20). The minimum absolute atomic E-state index is 0.0609. The number of nitrogens with zero attached hydrogens (tertiary/aromatic N) is 1. The minimum Gasteiger partial charge on any atom is -0.497 e. The predicted molar refractivity (Wildman–Crippen MR) is 83.2 cm³/mol. The number of aromatic nitrogens is 1. The number of hydrogen-bond acceptors (Lipinski definition) is 4. The van der Waals surface area contributed by atoms with E-state index >= 15 is 0 Å². The maximum absolute atomic E-state index is 12.2. The van der Waals surface area contributed by atoms with Crippen molar-refractivity contribution < 1.29 is 13.9 Å². The van der Waals surface area contributed by atoms with E-state index < -0.39 is 0 Å². The molecule has 0 aliphatic rings. The fourth-order valence-electron chi connectivity index (χ4n) is 2.07. The molecule has 6 heteroatoms. The summed E-state index contributed by atoms with van der Waals surface area (Å²) < 4.78 is 10.3. The molecule has 1 N–H and O–H groups in total. The normalized spacial score (nSPS) is 10.6. The van der Waals surface area contributed by atoms with Crippen LogP contribution in [0.4, 0.5) is 0 Å². The van der Waals surface area contributed by atoms with Gasteiger partial charge in [-0.1, -0.05) is 12.1 Å². The third kappa shape index (κ3) is 3.04. The summed E-state index contributed by atoms with van der Waals surface area (Å²) in [6, 6.07) is 12.5. The quantitative estimate of drug-likeness (QED) is 0.801. The van der Waals surface area contributed by atoms with Crippen LogP contribution in [0.1, 0.15) is 15.9 Å². The molecular weight excluding hydrogens is 304 g/mol. The van der Waals surface area contributed by atoms with Crippen molar-refractivity contribution >= 4 is 28.6 Å². The molecule has 1 aromatic heterocycles. The monoisotopic (exact) mass is 316 g/mol. The Hall–Kier alpha value is -2.53. The zero-order chi connectivity index (χ0) is 15.5. The summed E-state index contributed by atoms with van der Waals surface area (Å²) in [5.74, 6) is 0.597. The lowest BCUT2D eigenvalue weighted by Crippen LogP contribution is -2.22. The van der Waals surface area contributed by atoms with Gasteiger partial charge in [-0.3, -0.25) is 4.79 Å². The summed E-state index contributed by atoms with van der Waals surface area (Å²) in [5.41, 5.74) is 2.60. The van der Waals surface area contributed by atoms with E-state index in [9.17, 15) is 4.79 Å². The van der Waals surface area contributed by atoms with Crippen LogP contribution in [-0.2, 0) is 6.54 Å². The molecule has 0 saturated heterocycles. The van der Waals surface area contributed by atoms with Crippen LogP contribution in [-0.4, -0.2) is 18.0 Å². The Labute approximate surface area is 131 Å². The molecule has 0 fully saturated rings. The Balaban J connectivity index is 1.69. The van der Waals surface area contributed by atoms with Gasteiger partial charge in [0.25, 0.3) is 11.3 Å². The highest BCUT2D eigenvalue weighted by Gasteiger charge is 2.09. The van der Waals surface area contributed by atoms with E-state index in [1.807, 2.05) is 24.3 Å². The number of amides is 1. The van der Waals surface area contributed by atoms with Crippen molar-refractivity contribution in [3.05, 3.63) is 58.9 Å². The van der Waals surface area contributed by atoms with Crippen LogP contribution in [0.25, 0.3) is 11.1 Å². The Morgan fingerprint density at radius 3 is 2.77 bits per heavy atom. The molecule has 0 bridgehead atoms. The van der Waals surface area contributed by atoms with E-state index in [-0.39, 0.29) is 11.3 Å². The number of hydrogen-bond donors (Lipinski definition) is 1. The molecule has 0 aliphatic carbocycles. The van der Waals surface area contributed by atoms with Crippen LogP contribution >= 0.6 is 11.6 Å². The van der Waals surface area contributed by atoms with Crippen molar-refractivity contribution in [1.82, 2.24) is 10.3 Å². The van der Waals surface area contributed by atoms with Crippen LogP contribution in [0.3, 0.4) is 0 Å². The van der Waals surface area contributed by atoms with Crippen molar-refractivity contribution in [2.75, 3.05) is 7.11 Å². The van der Waals surface area contributed by atoms with Gasteiger partial charge in [-0.25, -0.2) is 0 Å². The van der Waals surface area contributed by atoms with Crippen molar-refractivity contribution in [3.8, 4) is 5.75 Å². The zero-order valence-corrected chi connectivity index (χ0v) is 12.6. The number of benzene rings is 2. The van der Waals surface area contributed by atoms with Crippen LogP contribution < -0.4 is 10.1 Å². The van der Waals surface area contributed by atoms with Crippen molar-refractivity contribution in [2.45, 2.75) is 6.54 Å². The number of ether oxygens (including phenoxy) is 1. The van der Waals surface area contributed by atoms with E-state index in [1.54, 1.807) is 25.3 Å². The van der Waals surface area contributed by atoms with Gasteiger partial charge in [-0.05, 0) is 47.5 Å². The van der Waals surface area contributed by atoms with Gasteiger partial charge in [0.1, 0.15) is 11.3 Å². The summed E-state index contributed by atoms with van der Waals surface area (Å²) >= 11 is 5.69. The van der Waals surface area contributed by atoms with Crippen LogP contribution in [0.5, 0.6) is 5.75 Å². The second kappa shape index (κ2) is 6.07. The maximum Gasteiger partial charge on any atom is 0.293 e. The smallest absolute Gasteiger partial charge is 0.293 e. The third-order valence-corrected chi connectivity index (χ3v) is 3.40. The van der Waals surface area contributed by atoms with Crippen LogP contribution in [0.15, 0.2) is 46.9 Å². The molecular formula is C16H13ClN2O3. The van der Waals surface area contributed by atoms with E-state index in [0.717, 1.165) is 11.3 Å². The average molecular weight is 317 g/mol. The molecule has 1 amide bonds. The van der Waals surface area contributed by atoms with E-state index in [1.165, 1.54) is 0 Å². The van der Waals surface area contributed by atoms with Crippen molar-refractivity contribution in [1.29, 1.82) is 0 Å². The van der Waals surface area contributed by atoms with Gasteiger partial charge < -0.3 is 14.5 Å². The largest absolute Gasteiger partial charge is 0.497 e.